The van der Waals surface area contributed by atoms with E-state index in [1.165, 1.54) is 38.1 Å². The van der Waals surface area contributed by atoms with Crippen LogP contribution in [0, 0.1) is 0 Å². The van der Waals surface area contributed by atoms with Crippen LogP contribution in [0.1, 0.15) is 12.5 Å². The van der Waals surface area contributed by atoms with Gasteiger partial charge in [-0.25, -0.2) is 0 Å². The molecule has 4 aromatic rings. The van der Waals surface area contributed by atoms with Crippen molar-refractivity contribution in [3.05, 3.63) is 60.2 Å². The van der Waals surface area contributed by atoms with Crippen molar-refractivity contribution in [2.75, 3.05) is 27.4 Å². The molecule has 0 unspecified atom stereocenters. The first kappa shape index (κ1) is 21.6. The Morgan fingerprint density at radius 3 is 2.31 bits per heavy atom. The van der Waals surface area contributed by atoms with E-state index in [9.17, 15) is 0 Å². The number of nitrogens with one attached hydrogen (secondary N) is 1. The first-order chi connectivity index (χ1) is 13.6. The average molecular weight is 413 g/mol. The van der Waals surface area contributed by atoms with Gasteiger partial charge in [-0.2, -0.15) is 0 Å². The Bertz CT molecular complexity index is 1130. The third kappa shape index (κ3) is 3.99. The molecular formula is C24H29ClN2O2. The normalized spacial score (nSPS) is 12.0. The van der Waals surface area contributed by atoms with Gasteiger partial charge >= 0.3 is 0 Å². The standard InChI is InChI=1S/C24H28N2O2.ClH/c1-24(15-27-3,16-28-4)25-14-17-9-11-21-20(13-17)23-19-8-6-5-7-18(19)10-12-22(23)26(21)2;/h5-13,25H,14-16H2,1-4H3;1H. The van der Waals surface area contributed by atoms with Crippen LogP contribution in [0.15, 0.2) is 54.6 Å². The molecule has 4 nitrogen and oxygen atoms in total. The van der Waals surface area contributed by atoms with Crippen LogP contribution in [0.3, 0.4) is 0 Å². The average Bonchev–Trinajstić information content (AvgIpc) is 2.99. The van der Waals surface area contributed by atoms with Crippen molar-refractivity contribution in [3.63, 3.8) is 0 Å². The molecule has 1 heterocycles. The monoisotopic (exact) mass is 412 g/mol. The van der Waals surface area contributed by atoms with E-state index in [0.717, 1.165) is 6.54 Å². The lowest BCUT2D eigenvalue weighted by atomic mass is 10.0. The molecule has 0 aliphatic heterocycles. The highest BCUT2D eigenvalue weighted by Crippen LogP contribution is 2.34. The van der Waals surface area contributed by atoms with Crippen molar-refractivity contribution in [1.82, 2.24) is 9.88 Å². The highest BCUT2D eigenvalue weighted by molar-refractivity contribution is 6.20. The van der Waals surface area contributed by atoms with Gasteiger partial charge in [-0.3, -0.25) is 0 Å². The van der Waals surface area contributed by atoms with Crippen LogP contribution in [0.25, 0.3) is 32.6 Å². The molecular weight excluding hydrogens is 384 g/mol. The molecule has 0 bridgehead atoms. The van der Waals surface area contributed by atoms with Gasteiger partial charge in [0.05, 0.1) is 18.8 Å². The van der Waals surface area contributed by atoms with E-state index in [2.05, 4.69) is 78.5 Å². The Morgan fingerprint density at radius 1 is 0.897 bits per heavy atom. The van der Waals surface area contributed by atoms with Gasteiger partial charge in [0.2, 0.25) is 0 Å². The lowest BCUT2D eigenvalue weighted by Gasteiger charge is -2.29. The summed E-state index contributed by atoms with van der Waals surface area (Å²) in [6.07, 6.45) is 0. The molecule has 3 aromatic carbocycles. The summed E-state index contributed by atoms with van der Waals surface area (Å²) >= 11 is 0. The summed E-state index contributed by atoms with van der Waals surface area (Å²) < 4.78 is 13.0. The number of benzene rings is 3. The molecule has 4 rings (SSSR count). The summed E-state index contributed by atoms with van der Waals surface area (Å²) in [6, 6.07) is 19.8. The second-order valence-corrected chi connectivity index (χ2v) is 7.87. The molecule has 29 heavy (non-hydrogen) atoms. The van der Waals surface area contributed by atoms with Crippen LogP contribution in [-0.2, 0) is 23.1 Å². The van der Waals surface area contributed by atoms with Crippen molar-refractivity contribution in [3.8, 4) is 0 Å². The van der Waals surface area contributed by atoms with E-state index in [1.807, 2.05) is 0 Å². The summed E-state index contributed by atoms with van der Waals surface area (Å²) in [7, 11) is 5.59. The van der Waals surface area contributed by atoms with Gasteiger partial charge in [0, 0.05) is 49.6 Å². The van der Waals surface area contributed by atoms with E-state index in [1.54, 1.807) is 14.2 Å². The fourth-order valence-electron chi connectivity index (χ4n) is 4.23. The van der Waals surface area contributed by atoms with Crippen LogP contribution >= 0.6 is 12.4 Å². The number of methoxy groups -OCH3 is 2. The number of halogens is 1. The smallest absolute Gasteiger partial charge is 0.0664 e. The maximum atomic E-state index is 5.38. The van der Waals surface area contributed by atoms with Crippen LogP contribution < -0.4 is 5.32 Å². The predicted octanol–water partition coefficient (Wildman–Crippen LogP) is 5.05. The lowest BCUT2D eigenvalue weighted by molar-refractivity contribution is 0.0507. The van der Waals surface area contributed by atoms with Crippen LogP contribution in [0.5, 0.6) is 0 Å². The minimum absolute atomic E-state index is 0. The van der Waals surface area contributed by atoms with Crippen molar-refractivity contribution in [1.29, 1.82) is 0 Å². The van der Waals surface area contributed by atoms with Crippen LogP contribution in [0.4, 0.5) is 0 Å². The number of hydrogen-bond acceptors (Lipinski definition) is 3. The van der Waals surface area contributed by atoms with Crippen molar-refractivity contribution in [2.45, 2.75) is 19.0 Å². The van der Waals surface area contributed by atoms with E-state index < -0.39 is 0 Å². The predicted molar refractivity (Wildman–Crippen MR) is 124 cm³/mol. The molecule has 0 aliphatic carbocycles. The quantitative estimate of drug-likeness (QED) is 0.461. The van der Waals surface area contributed by atoms with Gasteiger partial charge in [-0.1, -0.05) is 36.4 Å². The van der Waals surface area contributed by atoms with E-state index >= 15 is 0 Å². The largest absolute Gasteiger partial charge is 0.383 e. The Labute approximate surface area is 178 Å². The van der Waals surface area contributed by atoms with Gasteiger partial charge in [0.1, 0.15) is 0 Å². The fraction of sp³-hybridized carbons (Fsp3) is 0.333. The molecule has 0 amide bonds. The molecule has 0 atom stereocenters. The first-order valence-corrected chi connectivity index (χ1v) is 9.68. The third-order valence-corrected chi connectivity index (χ3v) is 5.61. The van der Waals surface area contributed by atoms with Gasteiger partial charge in [0.15, 0.2) is 0 Å². The molecule has 0 spiro atoms. The highest BCUT2D eigenvalue weighted by atomic mass is 35.5. The molecule has 154 valence electrons. The minimum Gasteiger partial charge on any atom is -0.383 e. The molecule has 0 saturated carbocycles. The fourth-order valence-corrected chi connectivity index (χ4v) is 4.23. The molecule has 1 aromatic heterocycles. The number of nitrogens with zero attached hydrogens (tertiary/aromatic N) is 1. The Balaban J connectivity index is 0.00000240. The summed E-state index contributed by atoms with van der Waals surface area (Å²) in [5.41, 5.74) is 3.56. The summed E-state index contributed by atoms with van der Waals surface area (Å²) in [5, 5.41) is 8.82. The first-order valence-electron chi connectivity index (χ1n) is 9.68. The SMILES string of the molecule is COCC(C)(COC)NCc1ccc2c(c1)c1c3ccccc3ccc1n2C.Cl. The van der Waals surface area contributed by atoms with Crippen molar-refractivity contribution in [2.24, 2.45) is 7.05 Å². The Hall–Kier alpha value is -2.11. The van der Waals surface area contributed by atoms with Gasteiger partial charge in [0.25, 0.3) is 0 Å². The number of rotatable bonds is 7. The van der Waals surface area contributed by atoms with Gasteiger partial charge in [-0.15, -0.1) is 12.4 Å². The van der Waals surface area contributed by atoms with Crippen LogP contribution in [0.2, 0.25) is 0 Å². The van der Waals surface area contributed by atoms with Gasteiger partial charge in [-0.05, 0) is 41.5 Å². The minimum atomic E-state index is -0.218. The zero-order chi connectivity index (χ0) is 19.7. The second kappa shape index (κ2) is 8.72. The van der Waals surface area contributed by atoms with E-state index in [-0.39, 0.29) is 17.9 Å². The molecule has 5 heteroatoms. The molecule has 0 fully saturated rings. The topological polar surface area (TPSA) is 35.4 Å². The van der Waals surface area contributed by atoms with Crippen LogP contribution in [-0.4, -0.2) is 37.5 Å². The molecule has 0 radical (unpaired) electrons. The molecule has 0 saturated heterocycles. The Morgan fingerprint density at radius 2 is 1.59 bits per heavy atom. The summed E-state index contributed by atoms with van der Waals surface area (Å²) in [5.74, 6) is 0. The lowest BCUT2D eigenvalue weighted by Crippen LogP contribution is -2.49. The van der Waals surface area contributed by atoms with E-state index in [4.69, 9.17) is 9.47 Å². The number of aromatic nitrogens is 1. The zero-order valence-corrected chi connectivity index (χ0v) is 18.3. The Kier molecular flexibility index (Phi) is 6.49. The number of fused-ring (bicyclic) bond motifs is 5. The zero-order valence-electron chi connectivity index (χ0n) is 17.5. The third-order valence-electron chi connectivity index (χ3n) is 5.61. The maximum absolute atomic E-state index is 5.38. The summed E-state index contributed by atoms with van der Waals surface area (Å²) in [4.78, 5) is 0. The number of ether oxygens (including phenoxy) is 2. The highest BCUT2D eigenvalue weighted by Gasteiger charge is 2.23. The second-order valence-electron chi connectivity index (χ2n) is 7.87. The van der Waals surface area contributed by atoms with Gasteiger partial charge < -0.3 is 19.4 Å². The van der Waals surface area contributed by atoms with Crippen molar-refractivity contribution >= 4 is 45.0 Å². The molecule has 0 aliphatic rings. The summed E-state index contributed by atoms with van der Waals surface area (Å²) in [6.45, 7) is 4.09. The number of aryl methyl sites for hydroxylation is 1. The maximum Gasteiger partial charge on any atom is 0.0664 e. The number of hydrogen-bond donors (Lipinski definition) is 1. The molecule has 1 N–H and O–H groups in total. The van der Waals surface area contributed by atoms with Crippen molar-refractivity contribution < 1.29 is 9.47 Å². The van der Waals surface area contributed by atoms with E-state index in [0.29, 0.717) is 13.2 Å².